The van der Waals surface area contributed by atoms with E-state index in [0.717, 1.165) is 24.0 Å². The molecule has 0 radical (unpaired) electrons. The van der Waals surface area contributed by atoms with E-state index < -0.39 is 0 Å². The van der Waals surface area contributed by atoms with Gasteiger partial charge in [0, 0.05) is 23.0 Å². The molecule has 76 valence electrons. The van der Waals surface area contributed by atoms with Gasteiger partial charge in [-0.05, 0) is 30.7 Å². The van der Waals surface area contributed by atoms with E-state index >= 15 is 0 Å². The number of piperidine rings is 1. The van der Waals surface area contributed by atoms with E-state index in [2.05, 4.69) is 39.4 Å². The zero-order valence-corrected chi connectivity index (χ0v) is 9.63. The minimum atomic E-state index is 0.297. The van der Waals surface area contributed by atoms with Gasteiger partial charge in [-0.3, -0.25) is 0 Å². The fourth-order valence-corrected chi connectivity index (χ4v) is 2.40. The van der Waals surface area contributed by atoms with Crippen LogP contribution in [0.4, 0.5) is 0 Å². The molecule has 1 aromatic carbocycles. The Labute approximate surface area is 93.0 Å². The van der Waals surface area contributed by atoms with Gasteiger partial charge in [-0.1, -0.05) is 28.1 Å². The van der Waals surface area contributed by atoms with Crippen LogP contribution in [0, 0.1) is 0 Å². The quantitative estimate of drug-likeness (QED) is 0.803. The largest absolute Gasteiger partial charge is 0.327 e. The van der Waals surface area contributed by atoms with Gasteiger partial charge < -0.3 is 11.1 Å². The topological polar surface area (TPSA) is 38.0 Å². The normalized spacial score (nSPS) is 27.6. The minimum Gasteiger partial charge on any atom is -0.327 e. The summed E-state index contributed by atoms with van der Waals surface area (Å²) in [5.74, 6) is 0.459. The van der Waals surface area contributed by atoms with Crippen molar-refractivity contribution in [1.82, 2.24) is 5.32 Å². The molecule has 3 heteroatoms. The predicted octanol–water partition coefficient (Wildman–Crippen LogP) is 1.85. The third-order valence-corrected chi connectivity index (χ3v) is 3.31. The van der Waals surface area contributed by atoms with Crippen LogP contribution >= 0.6 is 15.9 Å². The van der Waals surface area contributed by atoms with E-state index in [1.165, 1.54) is 5.56 Å². The molecule has 14 heavy (non-hydrogen) atoms. The van der Waals surface area contributed by atoms with E-state index in [1.807, 2.05) is 6.07 Å². The SMILES string of the molecule is NC1CCNCC1c1cccc(Br)c1. The van der Waals surface area contributed by atoms with Gasteiger partial charge in [0.25, 0.3) is 0 Å². The fraction of sp³-hybridized carbons (Fsp3) is 0.455. The maximum Gasteiger partial charge on any atom is 0.0178 e. The lowest BCUT2D eigenvalue weighted by Crippen LogP contribution is -2.43. The Morgan fingerprint density at radius 2 is 2.29 bits per heavy atom. The predicted molar refractivity (Wildman–Crippen MR) is 62.3 cm³/mol. The molecule has 1 fully saturated rings. The lowest BCUT2D eigenvalue weighted by atomic mass is 9.88. The molecule has 3 N–H and O–H groups in total. The highest BCUT2D eigenvalue weighted by Gasteiger charge is 2.22. The number of hydrogen-bond donors (Lipinski definition) is 2. The van der Waals surface area contributed by atoms with Crippen LogP contribution in [-0.2, 0) is 0 Å². The van der Waals surface area contributed by atoms with Crippen LogP contribution in [0.15, 0.2) is 28.7 Å². The third kappa shape index (κ3) is 2.16. The molecular weight excluding hydrogens is 240 g/mol. The first-order valence-corrected chi connectivity index (χ1v) is 5.78. The van der Waals surface area contributed by atoms with Crippen LogP contribution in [0.5, 0.6) is 0 Å². The summed E-state index contributed by atoms with van der Waals surface area (Å²) in [4.78, 5) is 0. The van der Waals surface area contributed by atoms with Gasteiger partial charge in [0.15, 0.2) is 0 Å². The second-order valence-electron chi connectivity index (χ2n) is 3.82. The van der Waals surface area contributed by atoms with Crippen molar-refractivity contribution in [1.29, 1.82) is 0 Å². The Balaban J connectivity index is 2.20. The first-order chi connectivity index (χ1) is 6.77. The van der Waals surface area contributed by atoms with Crippen LogP contribution in [0.1, 0.15) is 17.9 Å². The molecule has 0 aliphatic carbocycles. The van der Waals surface area contributed by atoms with Crippen LogP contribution < -0.4 is 11.1 Å². The average molecular weight is 255 g/mol. The van der Waals surface area contributed by atoms with Gasteiger partial charge in [-0.25, -0.2) is 0 Å². The fourth-order valence-electron chi connectivity index (χ4n) is 1.98. The summed E-state index contributed by atoms with van der Waals surface area (Å²) in [7, 11) is 0. The number of rotatable bonds is 1. The van der Waals surface area contributed by atoms with Crippen LogP contribution in [0.2, 0.25) is 0 Å². The maximum absolute atomic E-state index is 6.11. The van der Waals surface area contributed by atoms with Crippen LogP contribution in [0.25, 0.3) is 0 Å². The summed E-state index contributed by atoms with van der Waals surface area (Å²) < 4.78 is 1.13. The molecule has 0 spiro atoms. The zero-order valence-electron chi connectivity index (χ0n) is 8.04. The number of benzene rings is 1. The van der Waals surface area contributed by atoms with Crippen molar-refractivity contribution in [2.45, 2.75) is 18.4 Å². The number of nitrogens with one attached hydrogen (secondary N) is 1. The van der Waals surface area contributed by atoms with Crippen LogP contribution in [-0.4, -0.2) is 19.1 Å². The van der Waals surface area contributed by atoms with Gasteiger partial charge in [0.05, 0.1) is 0 Å². The number of nitrogens with two attached hydrogens (primary N) is 1. The Morgan fingerprint density at radius 3 is 3.00 bits per heavy atom. The van der Waals surface area contributed by atoms with E-state index in [9.17, 15) is 0 Å². The lowest BCUT2D eigenvalue weighted by molar-refractivity contribution is 0.403. The maximum atomic E-state index is 6.11. The molecular formula is C11H15BrN2. The molecule has 1 aliphatic heterocycles. The summed E-state index contributed by atoms with van der Waals surface area (Å²) >= 11 is 3.49. The Bertz CT molecular complexity index is 314. The van der Waals surface area contributed by atoms with Gasteiger partial charge in [-0.2, -0.15) is 0 Å². The highest BCUT2D eigenvalue weighted by molar-refractivity contribution is 9.10. The molecule has 2 rings (SSSR count). The summed E-state index contributed by atoms with van der Waals surface area (Å²) in [5, 5.41) is 3.39. The molecule has 1 aliphatic rings. The Kier molecular flexibility index (Phi) is 3.21. The van der Waals surface area contributed by atoms with E-state index in [1.54, 1.807) is 0 Å². The standard InChI is InChI=1S/C11H15BrN2/c12-9-3-1-2-8(6-9)10-7-14-5-4-11(10)13/h1-3,6,10-11,14H,4-5,7,13H2. The summed E-state index contributed by atoms with van der Waals surface area (Å²) in [6, 6.07) is 8.73. The molecule has 0 aromatic heterocycles. The molecule has 1 aromatic rings. The molecule has 2 atom stereocenters. The van der Waals surface area contributed by atoms with Crippen molar-refractivity contribution in [3.63, 3.8) is 0 Å². The third-order valence-electron chi connectivity index (χ3n) is 2.81. The van der Waals surface area contributed by atoms with Gasteiger partial charge in [0.1, 0.15) is 0 Å². The first kappa shape index (κ1) is 10.1. The zero-order chi connectivity index (χ0) is 9.97. The number of hydrogen-bond acceptors (Lipinski definition) is 2. The average Bonchev–Trinajstić information content (AvgIpc) is 2.18. The molecule has 2 nitrogen and oxygen atoms in total. The Hall–Kier alpha value is -0.380. The van der Waals surface area contributed by atoms with E-state index in [4.69, 9.17) is 5.73 Å². The van der Waals surface area contributed by atoms with Gasteiger partial charge >= 0.3 is 0 Å². The van der Waals surface area contributed by atoms with Crippen molar-refractivity contribution in [2.75, 3.05) is 13.1 Å². The molecule has 1 saturated heterocycles. The highest BCUT2D eigenvalue weighted by Crippen LogP contribution is 2.24. The second-order valence-corrected chi connectivity index (χ2v) is 4.73. The molecule has 0 saturated carbocycles. The van der Waals surface area contributed by atoms with Gasteiger partial charge in [-0.15, -0.1) is 0 Å². The summed E-state index contributed by atoms with van der Waals surface area (Å²) in [6.45, 7) is 2.04. The van der Waals surface area contributed by atoms with Crippen molar-refractivity contribution in [3.8, 4) is 0 Å². The van der Waals surface area contributed by atoms with Crippen molar-refractivity contribution >= 4 is 15.9 Å². The van der Waals surface area contributed by atoms with Crippen molar-refractivity contribution in [3.05, 3.63) is 34.3 Å². The molecule has 2 unspecified atom stereocenters. The molecule has 0 bridgehead atoms. The van der Waals surface area contributed by atoms with E-state index in [0.29, 0.717) is 12.0 Å². The summed E-state index contributed by atoms with van der Waals surface area (Å²) in [6.07, 6.45) is 1.07. The smallest absolute Gasteiger partial charge is 0.0178 e. The lowest BCUT2D eigenvalue weighted by Gasteiger charge is -2.29. The van der Waals surface area contributed by atoms with Crippen molar-refractivity contribution < 1.29 is 0 Å². The van der Waals surface area contributed by atoms with Gasteiger partial charge in [0.2, 0.25) is 0 Å². The monoisotopic (exact) mass is 254 g/mol. The minimum absolute atomic E-state index is 0.297. The Morgan fingerprint density at radius 1 is 1.43 bits per heavy atom. The first-order valence-electron chi connectivity index (χ1n) is 4.99. The highest BCUT2D eigenvalue weighted by atomic mass is 79.9. The summed E-state index contributed by atoms with van der Waals surface area (Å²) in [5.41, 5.74) is 7.44. The number of halogens is 1. The van der Waals surface area contributed by atoms with Crippen molar-refractivity contribution in [2.24, 2.45) is 5.73 Å². The molecule has 1 heterocycles. The molecule has 0 amide bonds. The second kappa shape index (κ2) is 4.43. The van der Waals surface area contributed by atoms with E-state index in [-0.39, 0.29) is 0 Å². The van der Waals surface area contributed by atoms with Crippen LogP contribution in [0.3, 0.4) is 0 Å².